The van der Waals surface area contributed by atoms with Gasteiger partial charge in [-0.15, -0.1) is 22.1 Å². The second-order valence-corrected chi connectivity index (χ2v) is 22.4. The van der Waals surface area contributed by atoms with Crippen LogP contribution in [0.2, 0.25) is 0 Å². The molecule has 8 aromatic rings. The van der Waals surface area contributed by atoms with Gasteiger partial charge in [-0.2, -0.15) is 0 Å². The van der Waals surface area contributed by atoms with E-state index < -0.39 is 0 Å². The van der Waals surface area contributed by atoms with Crippen molar-refractivity contribution in [2.24, 2.45) is 0 Å². The maximum absolute atomic E-state index is 5.66. The minimum Gasteiger partial charge on any atom is -0.657 e. The zero-order chi connectivity index (χ0) is 47.2. The fraction of sp³-hybridized carbons (Fsp3) is 0.262. The van der Waals surface area contributed by atoms with E-state index in [1.165, 1.54) is 22.3 Å². The summed E-state index contributed by atoms with van der Waals surface area (Å²) >= 11 is 0. The van der Waals surface area contributed by atoms with Gasteiger partial charge in [0.15, 0.2) is 0 Å². The van der Waals surface area contributed by atoms with E-state index in [1.54, 1.807) is 6.33 Å². The molecule has 0 unspecified atom stereocenters. The topological polar surface area (TPSA) is 82.7 Å². The van der Waals surface area contributed by atoms with Crippen LogP contribution in [0.15, 0.2) is 128 Å². The predicted octanol–water partition coefficient (Wildman–Crippen LogP) is 15.7. The summed E-state index contributed by atoms with van der Waals surface area (Å²) in [5.41, 5.74) is 21.1. The smallest absolute Gasteiger partial charge is 0.657 e. The van der Waals surface area contributed by atoms with Crippen molar-refractivity contribution in [1.82, 2.24) is 29.9 Å². The monoisotopic (exact) mass is 939 g/mol. The van der Waals surface area contributed by atoms with Crippen LogP contribution in [-0.2, 0) is 38.7 Å². The fourth-order valence-electron chi connectivity index (χ4n) is 9.37. The van der Waals surface area contributed by atoms with Crippen LogP contribution in [0.1, 0.15) is 117 Å². The third-order valence-electron chi connectivity index (χ3n) is 13.4. The molecule has 4 aromatic heterocycles. The molecule has 1 radical (unpaired) electrons. The average Bonchev–Trinajstić information content (AvgIpc) is 4.14. The Kier molecular flexibility index (Phi) is 11.6. The van der Waals surface area contributed by atoms with Gasteiger partial charge in [0, 0.05) is 0 Å². The number of rotatable bonds is 4. The summed E-state index contributed by atoms with van der Waals surface area (Å²) < 4.78 is 0. The summed E-state index contributed by atoms with van der Waals surface area (Å²) in [5.74, 6) is 0. The van der Waals surface area contributed by atoms with E-state index in [0.29, 0.717) is 0 Å². The molecule has 1 N–H and O–H groups in total. The first-order chi connectivity index (χ1) is 31.7. The molecule has 0 spiro atoms. The molecular weight excluding hydrogens is 880 g/mol. The van der Waals surface area contributed by atoms with Crippen molar-refractivity contribution < 1.29 is 17.1 Å². The second-order valence-electron chi connectivity index (χ2n) is 22.4. The Hall–Kier alpha value is -6.53. The number of fused-ring (bicyclic) bond motifs is 11. The van der Waals surface area contributed by atoms with E-state index in [4.69, 9.17) is 24.9 Å². The Labute approximate surface area is 412 Å². The van der Waals surface area contributed by atoms with Gasteiger partial charge in [0.25, 0.3) is 0 Å². The molecule has 0 fully saturated rings. The van der Waals surface area contributed by atoms with Gasteiger partial charge in [-0.05, 0) is 101 Å². The van der Waals surface area contributed by atoms with E-state index in [2.05, 4.69) is 222 Å². The largest absolute Gasteiger partial charge is 2.00 e. The molecule has 6 nitrogen and oxygen atoms in total. The van der Waals surface area contributed by atoms with Crippen molar-refractivity contribution in [2.45, 2.75) is 105 Å². The van der Waals surface area contributed by atoms with Gasteiger partial charge < -0.3 is 15.0 Å². The van der Waals surface area contributed by atoms with Gasteiger partial charge in [-0.1, -0.05) is 204 Å². The molecule has 0 atom stereocenters. The summed E-state index contributed by atoms with van der Waals surface area (Å²) in [5, 5.41) is 0. The van der Waals surface area contributed by atoms with Gasteiger partial charge in [-0.25, -0.2) is 15.0 Å². The van der Waals surface area contributed by atoms with Crippen molar-refractivity contribution >= 4 is 34.2 Å². The van der Waals surface area contributed by atoms with Gasteiger partial charge in [0.1, 0.15) is 5.69 Å². The maximum atomic E-state index is 5.66. The van der Waals surface area contributed by atoms with Crippen molar-refractivity contribution in [3.05, 3.63) is 161 Å². The maximum Gasteiger partial charge on any atom is 2.00 e. The molecule has 2 aliphatic rings. The van der Waals surface area contributed by atoms with E-state index in [9.17, 15) is 0 Å². The van der Waals surface area contributed by atoms with Crippen molar-refractivity contribution in [2.75, 3.05) is 0 Å². The van der Waals surface area contributed by atoms with Crippen LogP contribution in [0.5, 0.6) is 0 Å². The molecular formula is C61H60CuN6. The van der Waals surface area contributed by atoms with Crippen molar-refractivity contribution in [3.8, 4) is 67.3 Å². The number of nitrogens with zero attached hydrogens (tertiary/aromatic N) is 5. The van der Waals surface area contributed by atoms with Crippen LogP contribution in [0.25, 0.3) is 102 Å². The predicted molar refractivity (Wildman–Crippen MR) is 281 cm³/mol. The Morgan fingerprint density at radius 3 is 1.00 bits per heavy atom. The number of hydrogen-bond acceptors (Lipinski definition) is 3. The molecule has 345 valence electrons. The first-order valence-electron chi connectivity index (χ1n) is 23.6. The molecule has 0 aliphatic carbocycles. The molecule has 7 heteroatoms. The summed E-state index contributed by atoms with van der Waals surface area (Å²) in [6.45, 7) is 27.0. The standard InChI is InChI=1S/C61H60N6.Cu/c1-58(2,3)40-21-13-36(14-22-40)50-44-29-30-45(64-44)51(37-15-23-41(24-16-37)59(4,5)6)47-32-34-49(66-47)53(39-19-27-43(28-20-39)61(10,11)12)55-57-56(62-35-63-57)54(67-55)52(48-33-31-46(50)65-48)38-17-25-42(26-18-38)60(7,8)9;/h13-35H,1-12H3,(H,62,63);/q-2;+2. The zero-order valence-corrected chi connectivity index (χ0v) is 42.3. The van der Waals surface area contributed by atoms with Gasteiger partial charge in [-0.3, -0.25) is 0 Å². The molecule has 0 saturated carbocycles. The number of aromatic amines is 1. The summed E-state index contributed by atoms with van der Waals surface area (Å²) in [6, 6.07) is 44.2. The molecule has 0 amide bonds. The third kappa shape index (κ3) is 8.52. The van der Waals surface area contributed by atoms with Gasteiger partial charge in [0.2, 0.25) is 0 Å². The molecule has 10 rings (SSSR count). The molecule has 68 heavy (non-hydrogen) atoms. The number of aromatic nitrogens is 6. The zero-order valence-electron chi connectivity index (χ0n) is 41.3. The normalized spacial score (nSPS) is 12.8. The van der Waals surface area contributed by atoms with Crippen LogP contribution in [-0.4, -0.2) is 19.9 Å². The summed E-state index contributed by atoms with van der Waals surface area (Å²) in [6.07, 6.45) is 6.07. The SMILES string of the molecule is CC(C)(C)c1ccc(-c2c3nc(c(-c4ccc(C(C)(C)C)cc4)c4ccc([n-]4)c(-c4ccc(C(C)(C)C)cc4)c4nc(c(-c5ccc(C(C)(C)C)cc5)c5ccc2[n-]5)-c2nc[nH]c2-4)C=C3)cc1.[Cu+2]. The molecule has 6 heterocycles. The minimum atomic E-state index is -0.0145. The third-order valence-corrected chi connectivity index (χ3v) is 13.4. The number of hydrogen-bond donors (Lipinski definition) is 1. The Morgan fingerprint density at radius 1 is 0.353 bits per heavy atom. The van der Waals surface area contributed by atoms with E-state index in [-0.39, 0.29) is 38.7 Å². The van der Waals surface area contributed by atoms with E-state index in [1.807, 2.05) is 0 Å². The van der Waals surface area contributed by atoms with Crippen LogP contribution >= 0.6 is 0 Å². The number of nitrogens with one attached hydrogen (secondary N) is 1. The quantitative estimate of drug-likeness (QED) is 0.178. The molecule has 0 saturated heterocycles. The molecule has 2 aliphatic heterocycles. The second kappa shape index (κ2) is 16.9. The van der Waals surface area contributed by atoms with Crippen LogP contribution in [0.4, 0.5) is 0 Å². The van der Waals surface area contributed by atoms with Crippen molar-refractivity contribution in [1.29, 1.82) is 0 Å². The van der Waals surface area contributed by atoms with Crippen molar-refractivity contribution in [3.63, 3.8) is 0 Å². The van der Waals surface area contributed by atoms with Gasteiger partial charge >= 0.3 is 17.1 Å². The molecule has 8 bridgehead atoms. The summed E-state index contributed by atoms with van der Waals surface area (Å²) in [7, 11) is 0. The first-order valence-corrected chi connectivity index (χ1v) is 23.6. The van der Waals surface area contributed by atoms with Crippen LogP contribution < -0.4 is 9.97 Å². The number of benzene rings is 4. The summed E-state index contributed by atoms with van der Waals surface area (Å²) in [4.78, 5) is 30.9. The Morgan fingerprint density at radius 2 is 0.662 bits per heavy atom. The Balaban J connectivity index is 0.00000578. The minimum absolute atomic E-state index is 0. The number of imidazole rings is 1. The van der Waals surface area contributed by atoms with E-state index in [0.717, 1.165) is 101 Å². The Bertz CT molecular complexity index is 3160. The van der Waals surface area contributed by atoms with E-state index >= 15 is 0 Å². The first kappa shape index (κ1) is 46.6. The fourth-order valence-corrected chi connectivity index (χ4v) is 9.37. The average molecular weight is 941 g/mol. The van der Waals surface area contributed by atoms with Gasteiger partial charge in [0.05, 0.1) is 34.8 Å². The van der Waals surface area contributed by atoms with Crippen LogP contribution in [0.3, 0.4) is 0 Å². The number of H-pyrrole nitrogens is 1. The molecule has 4 aromatic carbocycles. The van der Waals surface area contributed by atoms with Crippen LogP contribution in [0, 0.1) is 0 Å².